The molecule has 4 rings (SSSR count). The number of anilines is 3. The number of piperazine rings is 1. The predicted octanol–water partition coefficient (Wildman–Crippen LogP) is 5.88. The van der Waals surface area contributed by atoms with Gasteiger partial charge in [0, 0.05) is 69.4 Å². The van der Waals surface area contributed by atoms with Crippen molar-refractivity contribution in [1.29, 1.82) is 0 Å². The number of benzene rings is 2. The van der Waals surface area contributed by atoms with Crippen LogP contribution in [0.4, 0.5) is 30.6 Å². The number of unbranched alkanes of at least 4 members (excludes halogenated alkanes) is 5. The van der Waals surface area contributed by atoms with Crippen molar-refractivity contribution >= 4 is 39.1 Å². The van der Waals surface area contributed by atoms with Gasteiger partial charge in [-0.2, -0.15) is 18.2 Å². The van der Waals surface area contributed by atoms with Gasteiger partial charge in [0.25, 0.3) is 5.91 Å². The van der Waals surface area contributed by atoms with Crippen LogP contribution in [0, 0.1) is 0 Å². The van der Waals surface area contributed by atoms with Crippen LogP contribution < -0.4 is 16.0 Å². The highest BCUT2D eigenvalue weighted by Crippen LogP contribution is 2.34. The highest BCUT2D eigenvalue weighted by atomic mass is 32.2. The average molecular weight is 718 g/mol. The Kier molecular flexibility index (Phi) is 14.0. The summed E-state index contributed by atoms with van der Waals surface area (Å²) in [5.74, 6) is -0.523. The fraction of sp³-hybridized carbons (Fsp3) is 0.486. The molecule has 0 unspecified atom stereocenters. The highest BCUT2D eigenvalue weighted by molar-refractivity contribution is 7.90. The van der Waals surface area contributed by atoms with Crippen molar-refractivity contribution in [2.45, 2.75) is 69.5 Å². The lowest BCUT2D eigenvalue weighted by Gasteiger charge is -2.34. The fourth-order valence-corrected chi connectivity index (χ4v) is 6.25. The number of hydrogen-bond acceptors (Lipinski definition) is 9. The quantitative estimate of drug-likeness (QED) is 0.146. The number of nitrogens with one attached hydrogen (secondary N) is 3. The predicted molar refractivity (Wildman–Crippen MR) is 187 cm³/mol. The molecule has 2 heterocycles. The summed E-state index contributed by atoms with van der Waals surface area (Å²) in [6, 6.07) is 12.5. The second-order valence-electron chi connectivity index (χ2n) is 12.4. The van der Waals surface area contributed by atoms with Crippen molar-refractivity contribution in [3.05, 3.63) is 71.4 Å². The zero-order chi connectivity index (χ0) is 36.1. The minimum absolute atomic E-state index is 0.0584. The molecule has 0 atom stereocenters. The Morgan fingerprint density at radius 1 is 0.920 bits per heavy atom. The van der Waals surface area contributed by atoms with E-state index < -0.39 is 27.4 Å². The number of nitrogens with zero attached hydrogens (tertiary/aromatic N) is 4. The van der Waals surface area contributed by atoms with E-state index in [1.165, 1.54) is 31.0 Å². The SMILES string of the molecule is CCC(=O)NCCCCCCCCN1CCN(C(=O)c2ccc(Nc3ncc(C(F)(F)F)c(NCc4cccc(S(C)(=O)=O)c4)n3)cc2)CC1. The Labute approximate surface area is 292 Å². The molecule has 1 aliphatic rings. The molecule has 0 spiro atoms. The summed E-state index contributed by atoms with van der Waals surface area (Å²) in [7, 11) is -3.48. The van der Waals surface area contributed by atoms with Crippen LogP contribution in [0.3, 0.4) is 0 Å². The van der Waals surface area contributed by atoms with Crippen molar-refractivity contribution in [2.24, 2.45) is 0 Å². The van der Waals surface area contributed by atoms with Crippen LogP contribution in [0.1, 0.15) is 73.4 Å². The largest absolute Gasteiger partial charge is 0.421 e. The zero-order valence-electron chi connectivity index (χ0n) is 28.6. The number of carbonyl (C=O) groups excluding carboxylic acids is 2. The van der Waals surface area contributed by atoms with E-state index in [1.807, 2.05) is 11.8 Å². The van der Waals surface area contributed by atoms with Gasteiger partial charge in [0.05, 0.1) is 4.90 Å². The lowest BCUT2D eigenvalue weighted by Crippen LogP contribution is -2.48. The van der Waals surface area contributed by atoms with Crippen LogP contribution in [-0.2, 0) is 27.4 Å². The van der Waals surface area contributed by atoms with E-state index in [1.54, 1.807) is 30.3 Å². The van der Waals surface area contributed by atoms with E-state index in [2.05, 4.69) is 30.8 Å². The number of halogens is 3. The average Bonchev–Trinajstić information content (AvgIpc) is 3.09. The van der Waals surface area contributed by atoms with E-state index in [0.717, 1.165) is 58.1 Å². The van der Waals surface area contributed by atoms with Gasteiger partial charge >= 0.3 is 6.18 Å². The molecule has 11 nitrogen and oxygen atoms in total. The van der Waals surface area contributed by atoms with Gasteiger partial charge in [0.15, 0.2) is 9.84 Å². The molecular formula is C35H46F3N7O4S. The molecular weight excluding hydrogens is 671 g/mol. The maximum Gasteiger partial charge on any atom is 0.421 e. The maximum absolute atomic E-state index is 13.7. The first-order valence-corrected chi connectivity index (χ1v) is 18.8. The lowest BCUT2D eigenvalue weighted by atomic mass is 10.1. The molecule has 0 bridgehead atoms. The number of rotatable bonds is 17. The number of aromatic nitrogens is 2. The zero-order valence-corrected chi connectivity index (χ0v) is 29.4. The first-order chi connectivity index (χ1) is 23.8. The molecule has 1 aromatic heterocycles. The molecule has 272 valence electrons. The second-order valence-corrected chi connectivity index (χ2v) is 14.4. The van der Waals surface area contributed by atoms with E-state index in [4.69, 9.17) is 0 Å². The van der Waals surface area contributed by atoms with E-state index in [9.17, 15) is 31.2 Å². The normalized spacial score (nSPS) is 14.0. The van der Waals surface area contributed by atoms with Gasteiger partial charge in [0.2, 0.25) is 11.9 Å². The smallest absolute Gasteiger partial charge is 0.365 e. The fourth-order valence-electron chi connectivity index (χ4n) is 5.56. The maximum atomic E-state index is 13.7. The second kappa shape index (κ2) is 18.1. The van der Waals surface area contributed by atoms with Gasteiger partial charge in [-0.3, -0.25) is 14.5 Å². The molecule has 15 heteroatoms. The van der Waals surface area contributed by atoms with Crippen LogP contribution in [0.5, 0.6) is 0 Å². The van der Waals surface area contributed by atoms with E-state index in [0.29, 0.717) is 42.5 Å². The van der Waals surface area contributed by atoms with Crippen LogP contribution in [0.25, 0.3) is 0 Å². The summed E-state index contributed by atoms with van der Waals surface area (Å²) in [6.07, 6.45) is 4.31. The van der Waals surface area contributed by atoms with Crippen LogP contribution in [-0.4, -0.2) is 85.5 Å². The summed E-state index contributed by atoms with van der Waals surface area (Å²) in [6.45, 7) is 6.41. The van der Waals surface area contributed by atoms with Gasteiger partial charge in [0.1, 0.15) is 11.4 Å². The molecule has 3 N–H and O–H groups in total. The standard InChI is InChI=1S/C35H46F3N7O4S/c1-3-31(46)39-17-8-6-4-5-7-9-18-44-19-21-45(22-20-44)33(47)27-13-15-28(16-14-27)42-34-41-25-30(35(36,37)38)32(43-34)40-24-26-11-10-12-29(23-26)50(2,48)49/h10-16,23,25H,3-9,17-22,24H2,1-2H3,(H,39,46)(H2,40,41,42,43). The first kappa shape index (κ1) is 38.6. The monoisotopic (exact) mass is 717 g/mol. The summed E-state index contributed by atoms with van der Waals surface area (Å²) in [5.41, 5.74) is 0.391. The van der Waals surface area contributed by atoms with Crippen molar-refractivity contribution in [3.8, 4) is 0 Å². The van der Waals surface area contributed by atoms with Gasteiger partial charge in [-0.05, 0) is 61.3 Å². The van der Waals surface area contributed by atoms with Crippen molar-refractivity contribution in [2.75, 3.05) is 56.2 Å². The Bertz CT molecular complexity index is 1680. The van der Waals surface area contributed by atoms with Crippen LogP contribution >= 0.6 is 0 Å². The molecule has 3 aromatic rings. The Balaban J connectivity index is 1.24. The summed E-state index contributed by atoms with van der Waals surface area (Å²) >= 11 is 0. The first-order valence-electron chi connectivity index (χ1n) is 17.0. The van der Waals surface area contributed by atoms with Gasteiger partial charge < -0.3 is 20.9 Å². The number of hydrogen-bond donors (Lipinski definition) is 3. The summed E-state index contributed by atoms with van der Waals surface area (Å²) in [5, 5.41) is 8.46. The minimum atomic E-state index is -4.72. The van der Waals surface area contributed by atoms with E-state index >= 15 is 0 Å². The molecule has 1 aliphatic heterocycles. The number of amides is 2. The minimum Gasteiger partial charge on any atom is -0.365 e. The Morgan fingerprint density at radius 2 is 1.60 bits per heavy atom. The molecule has 2 amide bonds. The van der Waals surface area contributed by atoms with Gasteiger partial charge in [-0.25, -0.2) is 13.4 Å². The third-order valence-electron chi connectivity index (χ3n) is 8.47. The molecule has 1 saturated heterocycles. The Hall–Kier alpha value is -4.24. The number of carbonyl (C=O) groups is 2. The molecule has 50 heavy (non-hydrogen) atoms. The molecule has 1 fully saturated rings. The highest BCUT2D eigenvalue weighted by Gasteiger charge is 2.35. The molecule has 2 aromatic carbocycles. The third kappa shape index (κ3) is 12.0. The summed E-state index contributed by atoms with van der Waals surface area (Å²) in [4.78, 5) is 36.6. The number of sulfone groups is 1. The van der Waals surface area contributed by atoms with Gasteiger partial charge in [-0.1, -0.05) is 44.7 Å². The van der Waals surface area contributed by atoms with E-state index in [-0.39, 0.29) is 29.2 Å². The van der Waals surface area contributed by atoms with Gasteiger partial charge in [-0.15, -0.1) is 0 Å². The summed E-state index contributed by atoms with van der Waals surface area (Å²) < 4.78 is 65.0. The number of alkyl halides is 3. The Morgan fingerprint density at radius 3 is 2.26 bits per heavy atom. The third-order valence-corrected chi connectivity index (χ3v) is 9.58. The van der Waals surface area contributed by atoms with Crippen LogP contribution in [0.15, 0.2) is 59.6 Å². The van der Waals surface area contributed by atoms with Crippen LogP contribution in [0.2, 0.25) is 0 Å². The van der Waals surface area contributed by atoms with Crippen molar-refractivity contribution in [3.63, 3.8) is 0 Å². The molecule has 0 saturated carbocycles. The van der Waals surface area contributed by atoms with Crippen molar-refractivity contribution < 1.29 is 31.2 Å². The topological polar surface area (TPSA) is 137 Å². The lowest BCUT2D eigenvalue weighted by molar-refractivity contribution is -0.137. The van der Waals surface area contributed by atoms with Crippen molar-refractivity contribution in [1.82, 2.24) is 25.1 Å². The molecule has 0 aliphatic carbocycles. The molecule has 0 radical (unpaired) electrons.